The summed E-state index contributed by atoms with van der Waals surface area (Å²) in [6, 6.07) is -1.15. The third kappa shape index (κ3) is 8.56. The first-order valence-corrected chi connectivity index (χ1v) is 21.3. The maximum Gasteiger partial charge on any atom is 0.304 e. The van der Waals surface area contributed by atoms with Crippen molar-refractivity contribution >= 4 is 58.9 Å². The average molecular weight is 886 g/mol. The number of aliphatic imine (C=N–C) groups is 3. The summed E-state index contributed by atoms with van der Waals surface area (Å²) in [5.41, 5.74) is -3.60. The highest BCUT2D eigenvalue weighted by molar-refractivity contribution is 6.10. The Morgan fingerprint density at radius 2 is 1.16 bits per heavy atom. The summed E-state index contributed by atoms with van der Waals surface area (Å²) in [7, 11) is 0. The molecule has 8 N–H and O–H groups in total. The van der Waals surface area contributed by atoms with Gasteiger partial charge in [-0.25, -0.2) is 0 Å². The third-order valence-corrected chi connectivity index (χ3v) is 15.3. The van der Waals surface area contributed by atoms with Crippen LogP contribution >= 0.6 is 0 Å². The van der Waals surface area contributed by atoms with Gasteiger partial charge in [-0.2, -0.15) is 0 Å². The molecule has 5 heterocycles. The average Bonchev–Trinajstić information content (AvgIpc) is 3.75. The Balaban J connectivity index is 2.03. The standard InChI is InChI=1S/C45H60N4O14/c1-21-36-24(10-13-30(52)53)41(3,4)28(47-36)18-27-23(9-12-29(50)51)43(6,19-34(60)61)39(46-27)22(2)37-25(11-14-31(54)55)44(7,20-35(62)63)45(8,49-37)40-26(17-33(58)59)42(5,38(21)48-40)16-15-32(56)57/h18,23-26,40,46H,9-17,19-20H2,1-8H3,(H,50,51)(H,52,53)(H,54,55)(H,56,57)(H,58,59)(H,60,61)(H,62,63)/b27-18-,36-21-,39-22-/t23-,24-,25-,26+,40-,42-,43+,44+,45+/m1/s1/i1+1,2+1,3+1,5+1,8+1/t23-,24-,25-,26+,40-,41+,42-,43+,44+,45+. The van der Waals surface area contributed by atoms with E-state index in [9.17, 15) is 69.3 Å². The number of fused-ring (bicyclic) bond motifs is 6. The summed E-state index contributed by atoms with van der Waals surface area (Å²) in [6.07, 6.45) is -1.45. The molecule has 5 aliphatic rings. The number of rotatable bonds is 18. The van der Waals surface area contributed by atoms with Crippen LogP contribution in [0.5, 0.6) is 0 Å². The Hall–Kier alpha value is -5.68. The van der Waals surface area contributed by atoms with Gasteiger partial charge >= 0.3 is 41.8 Å². The summed E-state index contributed by atoms with van der Waals surface area (Å²) in [5.74, 6) is -11.5. The molecule has 18 nitrogen and oxygen atoms in total. The minimum atomic E-state index is -1.63. The van der Waals surface area contributed by atoms with Gasteiger partial charge in [-0.15, -0.1) is 0 Å². The van der Waals surface area contributed by atoms with Gasteiger partial charge < -0.3 is 41.1 Å². The molecular formula is C45H60N4O14. The van der Waals surface area contributed by atoms with Crippen molar-refractivity contribution in [3.05, 3.63) is 34.3 Å². The van der Waals surface area contributed by atoms with Gasteiger partial charge in [0, 0.05) is 105 Å². The van der Waals surface area contributed by atoms with E-state index in [1.165, 1.54) is 0 Å². The Labute approximate surface area is 365 Å². The Morgan fingerprint density at radius 1 is 0.635 bits per heavy atom. The van der Waals surface area contributed by atoms with E-state index in [2.05, 4.69) is 5.32 Å². The highest BCUT2D eigenvalue weighted by atomic mass is 16.4. The summed E-state index contributed by atoms with van der Waals surface area (Å²) in [6.45, 7) is 13.9. The summed E-state index contributed by atoms with van der Waals surface area (Å²) >= 11 is 0. The van der Waals surface area contributed by atoms with E-state index in [4.69, 9.17) is 15.0 Å². The van der Waals surface area contributed by atoms with Crippen molar-refractivity contribution in [2.45, 2.75) is 138 Å². The zero-order valence-electron chi connectivity index (χ0n) is 37.1. The lowest BCUT2D eigenvalue weighted by Crippen LogP contribution is -2.55. The van der Waals surface area contributed by atoms with Crippen LogP contribution in [-0.2, 0) is 33.6 Å². The van der Waals surface area contributed by atoms with E-state index in [0.29, 0.717) is 39.7 Å². The largest absolute Gasteiger partial charge is 0.481 e. The molecule has 0 saturated carbocycles. The van der Waals surface area contributed by atoms with E-state index in [1.807, 2.05) is 13.8 Å². The van der Waals surface area contributed by atoms with Crippen molar-refractivity contribution in [2.24, 2.45) is 60.3 Å². The van der Waals surface area contributed by atoms with Gasteiger partial charge in [-0.1, -0.05) is 34.6 Å². The summed E-state index contributed by atoms with van der Waals surface area (Å²) < 4.78 is 0. The zero-order chi connectivity index (χ0) is 47.4. The van der Waals surface area contributed by atoms with Crippen LogP contribution in [0.2, 0.25) is 0 Å². The van der Waals surface area contributed by atoms with Crippen LogP contribution in [0.25, 0.3) is 0 Å². The van der Waals surface area contributed by atoms with Gasteiger partial charge in [0.25, 0.3) is 0 Å². The van der Waals surface area contributed by atoms with Crippen LogP contribution in [0.3, 0.4) is 0 Å². The zero-order valence-corrected chi connectivity index (χ0v) is 37.1. The second-order valence-electron chi connectivity index (χ2n) is 19.5. The molecule has 1 saturated heterocycles. The number of aliphatic carboxylic acids is 7. The maximum absolute atomic E-state index is 13.1. The van der Waals surface area contributed by atoms with Crippen molar-refractivity contribution in [1.29, 1.82) is 0 Å². The van der Waals surface area contributed by atoms with Crippen LogP contribution in [0.4, 0.5) is 0 Å². The van der Waals surface area contributed by atoms with Gasteiger partial charge in [-0.3, -0.25) is 48.5 Å². The van der Waals surface area contributed by atoms with Crippen LogP contribution in [0.15, 0.2) is 49.3 Å². The summed E-state index contributed by atoms with van der Waals surface area (Å²) in [5, 5.41) is 75.1. The lowest BCUT2D eigenvalue weighted by molar-refractivity contribution is -0.143. The van der Waals surface area contributed by atoms with E-state index in [1.54, 1.807) is 47.6 Å². The van der Waals surface area contributed by atoms with Gasteiger partial charge in [0.15, 0.2) is 0 Å². The second-order valence-corrected chi connectivity index (χ2v) is 19.5. The van der Waals surface area contributed by atoms with Gasteiger partial charge in [0.1, 0.15) is 0 Å². The molecule has 18 heteroatoms. The molecule has 0 aromatic rings. The lowest BCUT2D eigenvalue weighted by Gasteiger charge is -2.48. The summed E-state index contributed by atoms with van der Waals surface area (Å²) in [4.78, 5) is 104. The Kier molecular flexibility index (Phi) is 13.1. The molecule has 344 valence electrons. The number of allylic oxidation sites excluding steroid dienone is 6. The molecule has 0 unspecified atom stereocenters. The number of hydrogen-bond acceptors (Lipinski definition) is 11. The fourth-order valence-electron chi connectivity index (χ4n) is 11.8. The SMILES string of the molecule is C[C@]1([13CH3])C2=NC(=C(/[13CH3])C3=N[C@H]([C@H](CC(=O)O)[C@@]3([13CH3])CCC(=O)O)[C@]3([13CH3])N=C(/C([13CH3])=C4\N/C(=C\2)[C@@H](CCC(=O)O)[C@]4(C)CC(=O)O)[C@@H](CCC(=O)O)[C@]3(C)CC(=O)O)/[C@H]1CCC(=O)O. The van der Waals surface area contributed by atoms with Gasteiger partial charge in [-0.05, 0) is 63.7 Å². The van der Waals surface area contributed by atoms with E-state index >= 15 is 0 Å². The molecule has 0 aromatic carbocycles. The number of carboxylic acid groups (broad SMARTS) is 7. The second kappa shape index (κ2) is 17.1. The molecule has 5 rings (SSSR count). The van der Waals surface area contributed by atoms with Crippen LogP contribution in [0, 0.1) is 45.3 Å². The van der Waals surface area contributed by atoms with Crippen molar-refractivity contribution in [1.82, 2.24) is 5.32 Å². The minimum Gasteiger partial charge on any atom is -0.481 e. The monoisotopic (exact) mass is 885 g/mol. The number of nitrogens with zero attached hydrogens (tertiary/aromatic N) is 3. The fourth-order valence-corrected chi connectivity index (χ4v) is 11.8. The topological polar surface area (TPSA) is 310 Å². The molecule has 63 heavy (non-hydrogen) atoms. The third-order valence-electron chi connectivity index (χ3n) is 15.3. The van der Waals surface area contributed by atoms with Crippen LogP contribution in [-0.4, -0.2) is 106 Å². The first-order valence-electron chi connectivity index (χ1n) is 21.3. The first-order chi connectivity index (χ1) is 29.0. The molecule has 10 atom stereocenters. The van der Waals surface area contributed by atoms with Crippen molar-refractivity contribution in [3.63, 3.8) is 0 Å². The quantitative estimate of drug-likeness (QED) is 0.0741. The molecule has 1 fully saturated rings. The highest BCUT2D eigenvalue weighted by Gasteiger charge is 2.66. The van der Waals surface area contributed by atoms with E-state index < -0.39 is 131 Å². The molecule has 0 amide bonds. The maximum atomic E-state index is 13.1. The van der Waals surface area contributed by atoms with Crippen LogP contribution in [0.1, 0.15) is 126 Å². The lowest BCUT2D eigenvalue weighted by atomic mass is 9.58. The van der Waals surface area contributed by atoms with Crippen LogP contribution < -0.4 is 5.32 Å². The van der Waals surface area contributed by atoms with E-state index in [0.717, 1.165) is 0 Å². The number of hydrogen-bond donors (Lipinski definition) is 8. The van der Waals surface area contributed by atoms with E-state index in [-0.39, 0.29) is 44.2 Å². The molecule has 0 radical (unpaired) electrons. The fraction of sp³-hybridized carbons (Fsp3) is 0.644. The van der Waals surface area contributed by atoms with Gasteiger partial charge in [0.05, 0.1) is 30.8 Å². The molecular weight excluding hydrogens is 825 g/mol. The predicted octanol–water partition coefficient (Wildman–Crippen LogP) is 5.92. The van der Waals surface area contributed by atoms with Crippen molar-refractivity contribution in [3.8, 4) is 0 Å². The predicted molar refractivity (Wildman–Crippen MR) is 227 cm³/mol. The Morgan fingerprint density at radius 3 is 1.67 bits per heavy atom. The smallest absolute Gasteiger partial charge is 0.304 e. The minimum absolute atomic E-state index is 0.0202. The Bertz CT molecular complexity index is 2220. The molecule has 0 aliphatic carbocycles. The molecule has 5 aliphatic heterocycles. The highest BCUT2D eigenvalue weighted by Crippen LogP contribution is 2.62. The molecule has 8 bridgehead atoms. The van der Waals surface area contributed by atoms with Crippen molar-refractivity contribution < 1.29 is 69.3 Å². The number of carbonyl (C=O) groups is 7. The normalized spacial score (nSPS) is 37.7. The molecule has 0 spiro atoms. The van der Waals surface area contributed by atoms with Crippen molar-refractivity contribution in [2.75, 3.05) is 0 Å². The first kappa shape index (κ1) is 48.4. The van der Waals surface area contributed by atoms with Gasteiger partial charge in [0.2, 0.25) is 0 Å². The number of carboxylic acids is 7. The molecule has 0 aromatic heterocycles. The number of nitrogens with one attached hydrogen (secondary N) is 1.